The molecule has 0 nitrogen and oxygen atoms in total. The molecule has 0 saturated heterocycles. The van der Waals surface area contributed by atoms with Crippen LogP contribution in [0.4, 0.5) is 79.0 Å². The molecule has 4 aromatic rings. The number of hydrogen-bond donors (Lipinski definition) is 0. The lowest BCUT2D eigenvalue weighted by molar-refractivity contribution is -0.261. The molecule has 0 heterocycles. The van der Waals surface area contributed by atoms with Gasteiger partial charge in [0.15, 0.2) is 0 Å². The molecule has 20 heteroatoms. The third-order valence-electron chi connectivity index (χ3n) is 7.87. The van der Waals surface area contributed by atoms with E-state index in [9.17, 15) is 52.7 Å². The van der Waals surface area contributed by atoms with Crippen LogP contribution in [0.5, 0.6) is 0 Å². The van der Waals surface area contributed by atoms with Gasteiger partial charge in [0.2, 0.25) is 0 Å². The van der Waals surface area contributed by atoms with Crippen LogP contribution in [0.1, 0.15) is 22.3 Å². The fourth-order valence-electron chi connectivity index (χ4n) is 5.30. The highest BCUT2D eigenvalue weighted by molar-refractivity contribution is 7.80. The predicted octanol–water partition coefficient (Wildman–Crippen LogP) is 11.5. The van der Waals surface area contributed by atoms with Crippen LogP contribution in [-0.2, 0) is 24.7 Å². The molecule has 0 aliphatic heterocycles. The Morgan fingerprint density at radius 1 is 0.302 bits per heavy atom. The normalized spacial score (nSPS) is 17.6. The number of halogens is 18. The zero-order valence-electron chi connectivity index (χ0n) is 25.4. The monoisotopic (exact) mass is 816 g/mol. The van der Waals surface area contributed by atoms with Gasteiger partial charge in [-0.1, -0.05) is 48.5 Å². The topological polar surface area (TPSA) is 0 Å². The van der Waals surface area contributed by atoms with E-state index in [1.807, 2.05) is 0 Å². The molecule has 284 valence electrons. The van der Waals surface area contributed by atoms with Crippen LogP contribution in [0.2, 0.25) is 0 Å². The average Bonchev–Trinajstić information content (AvgIpc) is 3.14. The molecule has 0 amide bonds. The molecule has 1 aliphatic rings. The van der Waals surface area contributed by atoms with Crippen molar-refractivity contribution in [2.24, 2.45) is 0 Å². The molecule has 4 aromatic carbocycles. The van der Waals surface area contributed by atoms with Gasteiger partial charge in [-0.2, -0.15) is 79.0 Å². The van der Waals surface area contributed by atoms with Crippen molar-refractivity contribution in [1.82, 2.24) is 0 Å². The lowest BCUT2D eigenvalue weighted by Gasteiger charge is -2.29. The summed E-state index contributed by atoms with van der Waals surface area (Å²) in [5.74, 6) is -18.3. The van der Waals surface area contributed by atoms with E-state index in [1.54, 1.807) is 0 Å². The molecule has 0 N–H and O–H groups in total. The van der Waals surface area contributed by atoms with Crippen LogP contribution in [0.25, 0.3) is 0 Å². The summed E-state index contributed by atoms with van der Waals surface area (Å²) >= 11 is 0. The van der Waals surface area contributed by atoms with Crippen LogP contribution < -0.4 is 21.2 Å². The third kappa shape index (κ3) is 7.37. The van der Waals surface area contributed by atoms with Gasteiger partial charge in [0.1, 0.15) is 0 Å². The second-order valence-corrected chi connectivity index (χ2v) is 15.6. The minimum Gasteiger partial charge on any atom is -0.194 e. The van der Waals surface area contributed by atoms with Crippen molar-refractivity contribution in [3.8, 4) is 0 Å². The van der Waals surface area contributed by atoms with Crippen LogP contribution in [-0.4, -0.2) is 17.8 Å². The summed E-state index contributed by atoms with van der Waals surface area (Å²) in [6.07, 6.45) is -20.3. The Hall–Kier alpha value is -3.78. The summed E-state index contributed by atoms with van der Waals surface area (Å²) < 4.78 is 257. The maximum atomic E-state index is 16.2. The van der Waals surface area contributed by atoms with Crippen molar-refractivity contribution < 1.29 is 79.0 Å². The number of allylic oxidation sites excluding steroid dienone is 2. The van der Waals surface area contributed by atoms with Crippen molar-refractivity contribution in [3.63, 3.8) is 0 Å². The fourth-order valence-corrected chi connectivity index (χ4v) is 10.9. The molecule has 0 fully saturated rings. The second-order valence-electron chi connectivity index (χ2n) is 11.3. The summed E-state index contributed by atoms with van der Waals surface area (Å²) in [6, 6.07) is 5.83. The molecule has 0 unspecified atom stereocenters. The molecule has 0 bridgehead atoms. The van der Waals surface area contributed by atoms with Gasteiger partial charge < -0.3 is 0 Å². The average molecular weight is 816 g/mol. The number of hydrogen-bond acceptors (Lipinski definition) is 0. The number of benzene rings is 4. The third-order valence-corrected chi connectivity index (χ3v) is 13.2. The van der Waals surface area contributed by atoms with Gasteiger partial charge in [0.05, 0.1) is 22.3 Å². The van der Waals surface area contributed by atoms with E-state index < -0.39 is 112 Å². The summed E-state index contributed by atoms with van der Waals surface area (Å²) in [7, 11) is -7.33. The van der Waals surface area contributed by atoms with Crippen LogP contribution in [0, 0.1) is 0 Å². The smallest absolute Gasteiger partial charge is 0.194 e. The van der Waals surface area contributed by atoms with Gasteiger partial charge in [-0.15, -0.1) is 0 Å². The van der Waals surface area contributed by atoms with E-state index in [2.05, 4.69) is 0 Å². The molecule has 5 rings (SSSR count). The summed E-state index contributed by atoms with van der Waals surface area (Å²) in [4.78, 5) is 0. The van der Waals surface area contributed by atoms with Crippen molar-refractivity contribution >= 4 is 37.1 Å². The first-order chi connectivity index (χ1) is 24.1. The Morgan fingerprint density at radius 3 is 0.623 bits per heavy atom. The van der Waals surface area contributed by atoms with Crippen molar-refractivity contribution in [2.45, 2.75) is 42.5 Å². The summed E-state index contributed by atoms with van der Waals surface area (Å²) in [5, 5.41) is -7.45. The fraction of sp³-hybridized carbons (Fsp3) is 0.212. The largest absolute Gasteiger partial charge is 0.416 e. The Labute approximate surface area is 288 Å². The van der Waals surface area contributed by atoms with Gasteiger partial charge in [-0.3, -0.25) is 0 Å². The predicted molar refractivity (Wildman–Crippen MR) is 160 cm³/mol. The highest BCUT2D eigenvalue weighted by atomic mass is 31.1. The zero-order valence-corrected chi connectivity index (χ0v) is 27.2. The molecule has 53 heavy (non-hydrogen) atoms. The van der Waals surface area contributed by atoms with E-state index in [4.69, 9.17) is 0 Å². The molecule has 0 aromatic heterocycles. The molecule has 0 radical (unpaired) electrons. The van der Waals surface area contributed by atoms with Gasteiger partial charge in [0.25, 0.3) is 0 Å². The van der Waals surface area contributed by atoms with E-state index in [1.165, 1.54) is 0 Å². The summed E-state index contributed by atoms with van der Waals surface area (Å²) in [5.41, 5.74) is -5.71. The Kier molecular flexibility index (Phi) is 10.1. The first-order valence-electron chi connectivity index (χ1n) is 14.3. The zero-order chi connectivity index (χ0) is 39.7. The first kappa shape index (κ1) is 40.4. The van der Waals surface area contributed by atoms with E-state index >= 15 is 26.3 Å². The molecule has 1 aliphatic carbocycles. The second kappa shape index (κ2) is 13.2. The van der Waals surface area contributed by atoms with E-state index in [0.29, 0.717) is 48.5 Å². The molecular formula is C33H16F18P2. The Bertz CT molecular complexity index is 1710. The first-order valence-corrected chi connectivity index (χ1v) is 17.0. The molecule has 0 spiro atoms. The summed E-state index contributed by atoms with van der Waals surface area (Å²) in [6.45, 7) is 0. The van der Waals surface area contributed by atoms with Crippen LogP contribution >= 0.6 is 15.8 Å². The number of alkyl halides is 18. The van der Waals surface area contributed by atoms with Gasteiger partial charge in [0, 0.05) is 10.6 Å². The minimum atomic E-state index is -6.39. The number of rotatable bonds is 6. The minimum absolute atomic E-state index is 0.271. The van der Waals surface area contributed by atoms with E-state index in [-0.39, 0.29) is 48.5 Å². The van der Waals surface area contributed by atoms with Crippen LogP contribution in [0.3, 0.4) is 0 Å². The highest BCUT2D eigenvalue weighted by Gasteiger charge is 2.81. The SMILES string of the molecule is FC(F)(F)c1ccc(P(C2=C(P(c3ccc(C(F)(F)F)cc3)c3ccc(C(F)(F)F)cc3)C(F)(F)C(F)(F)C2(F)F)c2ccc(C(F)(F)F)cc2)cc1. The highest BCUT2D eigenvalue weighted by Crippen LogP contribution is 2.73. The lowest BCUT2D eigenvalue weighted by atomic mass is 10.2. The lowest BCUT2D eigenvalue weighted by Crippen LogP contribution is -2.49. The van der Waals surface area contributed by atoms with E-state index in [0.717, 1.165) is 0 Å². The van der Waals surface area contributed by atoms with Crippen molar-refractivity contribution in [3.05, 3.63) is 130 Å². The van der Waals surface area contributed by atoms with Crippen molar-refractivity contribution in [2.75, 3.05) is 0 Å². The van der Waals surface area contributed by atoms with Crippen LogP contribution in [0.15, 0.2) is 108 Å². The Balaban J connectivity index is 1.91. The maximum Gasteiger partial charge on any atom is 0.416 e. The van der Waals surface area contributed by atoms with Gasteiger partial charge in [-0.25, -0.2) is 0 Å². The molecule has 0 atom stereocenters. The maximum absolute atomic E-state index is 16.2. The van der Waals surface area contributed by atoms with Gasteiger partial charge >= 0.3 is 42.5 Å². The quantitative estimate of drug-likeness (QED) is 0.134. The standard InChI is InChI=1S/C33H16F18P2/c34-27(35)25(52(21-9-1-17(2-10-21)29(38,39)40)22-11-3-18(4-12-22)30(41,42)43)26(28(36,37)33(27,50)51)53(23-13-5-19(6-14-23)31(44,45)46)24-15-7-20(8-16-24)32(47,48)49/h1-16H. The molecule has 0 saturated carbocycles. The van der Waals surface area contributed by atoms with Gasteiger partial charge in [-0.05, 0) is 85.6 Å². The van der Waals surface area contributed by atoms with Crippen molar-refractivity contribution in [1.29, 1.82) is 0 Å². The Morgan fingerprint density at radius 2 is 0.472 bits per heavy atom. The molecular weight excluding hydrogens is 800 g/mol.